The van der Waals surface area contributed by atoms with Gasteiger partial charge in [0.1, 0.15) is 5.76 Å². The molecule has 0 saturated heterocycles. The molecule has 0 fully saturated rings. The summed E-state index contributed by atoms with van der Waals surface area (Å²) < 4.78 is 10.1. The van der Waals surface area contributed by atoms with E-state index in [9.17, 15) is 24.9 Å². The van der Waals surface area contributed by atoms with Crippen molar-refractivity contribution in [3.63, 3.8) is 0 Å². The van der Waals surface area contributed by atoms with Gasteiger partial charge in [-0.3, -0.25) is 9.59 Å². The second-order valence-corrected chi connectivity index (χ2v) is 6.65. The highest BCUT2D eigenvalue weighted by molar-refractivity contribution is 6.07. The second-order valence-electron chi connectivity index (χ2n) is 6.65. The second kappa shape index (κ2) is 11.3. The molecule has 0 heterocycles. The molecule has 4 N–H and O–H groups in total. The zero-order valence-electron chi connectivity index (χ0n) is 17.6. The van der Waals surface area contributed by atoms with Crippen LogP contribution in [0.4, 0.5) is 0 Å². The highest BCUT2D eigenvalue weighted by atomic mass is 16.5. The maximum Gasteiger partial charge on any atom is 0.303 e. The number of aliphatic carboxylic acids is 1. The first kappa shape index (κ1) is 24.1. The van der Waals surface area contributed by atoms with Crippen molar-refractivity contribution in [1.82, 2.24) is 0 Å². The molecule has 0 radical (unpaired) electrons. The quantitative estimate of drug-likeness (QED) is 0.247. The normalized spacial score (nSPS) is 12.1. The fourth-order valence-electron chi connectivity index (χ4n) is 2.75. The molecule has 8 heteroatoms. The van der Waals surface area contributed by atoms with Crippen molar-refractivity contribution in [3.05, 3.63) is 71.0 Å². The number of carboxylic acid groups (broad SMARTS) is 1. The Morgan fingerprint density at radius 1 is 0.812 bits per heavy atom. The fraction of sp³-hybridized carbons (Fsp3) is 0.167. The van der Waals surface area contributed by atoms with E-state index in [2.05, 4.69) is 0 Å². The van der Waals surface area contributed by atoms with Crippen LogP contribution in [-0.2, 0) is 9.59 Å². The zero-order valence-corrected chi connectivity index (χ0v) is 17.6. The van der Waals surface area contributed by atoms with Crippen LogP contribution in [0, 0.1) is 0 Å². The van der Waals surface area contributed by atoms with E-state index in [0.717, 1.165) is 0 Å². The number of carbonyl (C=O) groups is 2. The molecule has 0 aliphatic heterocycles. The van der Waals surface area contributed by atoms with Crippen LogP contribution in [0.2, 0.25) is 0 Å². The average Bonchev–Trinajstić information content (AvgIpc) is 2.77. The number of carbonyl (C=O) groups excluding carboxylic acids is 1. The van der Waals surface area contributed by atoms with Crippen LogP contribution >= 0.6 is 0 Å². The molecule has 0 aliphatic carbocycles. The number of aromatic hydroxyl groups is 2. The number of ketones is 1. The van der Waals surface area contributed by atoms with E-state index in [-0.39, 0.29) is 47.2 Å². The lowest BCUT2D eigenvalue weighted by Crippen LogP contribution is -2.05. The Hall–Kier alpha value is -4.20. The van der Waals surface area contributed by atoms with Crippen molar-refractivity contribution < 1.29 is 39.5 Å². The van der Waals surface area contributed by atoms with Crippen LogP contribution in [0.1, 0.15) is 24.0 Å². The van der Waals surface area contributed by atoms with Crippen LogP contribution in [0.3, 0.4) is 0 Å². The number of phenolic OH excluding ortho intramolecular Hbond substituents is 2. The molecule has 168 valence electrons. The predicted molar refractivity (Wildman–Crippen MR) is 119 cm³/mol. The highest BCUT2D eigenvalue weighted by Crippen LogP contribution is 2.28. The summed E-state index contributed by atoms with van der Waals surface area (Å²) in [4.78, 5) is 23.7. The molecule has 2 aromatic rings. The minimum atomic E-state index is -1.11. The number of allylic oxidation sites excluding steroid dienone is 3. The molecule has 0 aromatic heterocycles. The van der Waals surface area contributed by atoms with Gasteiger partial charge in [0.2, 0.25) is 0 Å². The Morgan fingerprint density at radius 3 is 1.78 bits per heavy atom. The van der Waals surface area contributed by atoms with Crippen molar-refractivity contribution in [2.45, 2.75) is 12.8 Å². The number of rotatable bonds is 10. The van der Waals surface area contributed by atoms with Crippen LogP contribution in [0.5, 0.6) is 23.0 Å². The third kappa shape index (κ3) is 6.66. The summed E-state index contributed by atoms with van der Waals surface area (Å²) in [5.41, 5.74) is 1.08. The standard InChI is InChI=1S/C24H24O8/c1-31-22-13-15(5-10-20(22)27)3-8-18(25)17(7-12-24(29)30)19(26)9-4-16-6-11-21(28)23(14-16)32-2/h3-6,8-11,13-14,25,27-28H,7,12H2,1-2H3,(H,29,30)/b8-3+,9-4+,18-17?. The maximum atomic E-state index is 12.7. The predicted octanol–water partition coefficient (Wildman–Crippen LogP) is 4.09. The fourth-order valence-corrected chi connectivity index (χ4v) is 2.75. The van der Waals surface area contributed by atoms with Gasteiger partial charge in [0.15, 0.2) is 28.8 Å². The molecule has 0 atom stereocenters. The molecule has 0 saturated carbocycles. The summed E-state index contributed by atoms with van der Waals surface area (Å²) in [6.45, 7) is 0. The number of methoxy groups -OCH3 is 2. The van der Waals surface area contributed by atoms with Crippen molar-refractivity contribution in [1.29, 1.82) is 0 Å². The van der Waals surface area contributed by atoms with Crippen LogP contribution in [-0.4, -0.2) is 46.4 Å². The molecular weight excluding hydrogens is 416 g/mol. The number of aliphatic hydroxyl groups is 1. The number of hydrogen-bond acceptors (Lipinski definition) is 7. The Balaban J connectivity index is 2.31. The van der Waals surface area contributed by atoms with E-state index in [0.29, 0.717) is 11.1 Å². The lowest BCUT2D eigenvalue weighted by atomic mass is 10.0. The molecular formula is C24H24O8. The third-order valence-corrected chi connectivity index (χ3v) is 4.46. The summed E-state index contributed by atoms with van der Waals surface area (Å²) in [5.74, 6) is -1.67. The molecule has 8 nitrogen and oxygen atoms in total. The Bertz CT molecular complexity index is 1080. The first-order valence-electron chi connectivity index (χ1n) is 9.53. The molecule has 2 rings (SSSR count). The van der Waals surface area contributed by atoms with Crippen LogP contribution in [0.25, 0.3) is 12.2 Å². The third-order valence-electron chi connectivity index (χ3n) is 4.46. The highest BCUT2D eigenvalue weighted by Gasteiger charge is 2.14. The average molecular weight is 440 g/mol. The van der Waals surface area contributed by atoms with Gasteiger partial charge in [-0.1, -0.05) is 24.3 Å². The number of carboxylic acids is 1. The summed E-state index contributed by atoms with van der Waals surface area (Å²) in [7, 11) is 2.80. The van der Waals surface area contributed by atoms with Gasteiger partial charge in [0.05, 0.1) is 14.2 Å². The number of ether oxygens (including phenoxy) is 2. The van der Waals surface area contributed by atoms with Crippen molar-refractivity contribution in [2.24, 2.45) is 0 Å². The number of hydrogen-bond donors (Lipinski definition) is 4. The SMILES string of the molecule is COc1cc(/C=C/C(=O)C(CCC(=O)O)=C(O)/C=C/c2ccc(O)c(OC)c2)ccc1O. The number of aliphatic hydroxyl groups excluding tert-OH is 1. The molecule has 0 aliphatic rings. The molecule has 2 aromatic carbocycles. The summed E-state index contributed by atoms with van der Waals surface area (Å²) in [6.07, 6.45) is 4.93. The topological polar surface area (TPSA) is 134 Å². The summed E-state index contributed by atoms with van der Waals surface area (Å²) in [6, 6.07) is 9.05. The lowest BCUT2D eigenvalue weighted by molar-refractivity contribution is -0.136. The van der Waals surface area contributed by atoms with E-state index in [1.54, 1.807) is 12.1 Å². The van der Waals surface area contributed by atoms with Crippen molar-refractivity contribution in [2.75, 3.05) is 14.2 Å². The van der Waals surface area contributed by atoms with Gasteiger partial charge in [-0.2, -0.15) is 0 Å². The van der Waals surface area contributed by atoms with Crippen LogP contribution in [0.15, 0.2) is 59.9 Å². The first-order chi connectivity index (χ1) is 15.2. The summed E-state index contributed by atoms with van der Waals surface area (Å²) >= 11 is 0. The smallest absolute Gasteiger partial charge is 0.303 e. The van der Waals surface area contributed by atoms with Gasteiger partial charge in [-0.05, 0) is 54.0 Å². The Kier molecular flexibility index (Phi) is 8.47. The van der Waals surface area contributed by atoms with E-state index >= 15 is 0 Å². The monoisotopic (exact) mass is 440 g/mol. The van der Waals surface area contributed by atoms with E-state index in [1.165, 1.54) is 62.8 Å². The molecule has 0 spiro atoms. The lowest BCUT2D eigenvalue weighted by Gasteiger charge is -2.06. The van der Waals surface area contributed by atoms with Gasteiger partial charge >= 0.3 is 5.97 Å². The van der Waals surface area contributed by atoms with Crippen LogP contribution < -0.4 is 9.47 Å². The minimum absolute atomic E-state index is 0.0438. The van der Waals surface area contributed by atoms with Crippen molar-refractivity contribution >= 4 is 23.9 Å². The number of benzene rings is 2. The van der Waals surface area contributed by atoms with Gasteiger partial charge < -0.3 is 29.9 Å². The molecule has 0 unspecified atom stereocenters. The van der Waals surface area contributed by atoms with E-state index in [4.69, 9.17) is 14.6 Å². The minimum Gasteiger partial charge on any atom is -0.508 e. The summed E-state index contributed by atoms with van der Waals surface area (Å²) in [5, 5.41) is 38.8. The maximum absolute atomic E-state index is 12.7. The first-order valence-corrected chi connectivity index (χ1v) is 9.53. The zero-order chi connectivity index (χ0) is 23.7. The Morgan fingerprint density at radius 2 is 1.31 bits per heavy atom. The molecule has 32 heavy (non-hydrogen) atoms. The van der Waals surface area contributed by atoms with E-state index in [1.807, 2.05) is 0 Å². The molecule has 0 amide bonds. The van der Waals surface area contributed by atoms with Gasteiger partial charge in [-0.15, -0.1) is 0 Å². The Labute approximate surface area is 185 Å². The van der Waals surface area contributed by atoms with E-state index < -0.39 is 11.8 Å². The van der Waals surface area contributed by atoms with Gasteiger partial charge in [0.25, 0.3) is 0 Å². The van der Waals surface area contributed by atoms with Gasteiger partial charge in [0, 0.05) is 12.0 Å². The number of phenols is 2. The van der Waals surface area contributed by atoms with Gasteiger partial charge in [-0.25, -0.2) is 0 Å². The largest absolute Gasteiger partial charge is 0.508 e. The van der Waals surface area contributed by atoms with Crippen molar-refractivity contribution in [3.8, 4) is 23.0 Å². The molecule has 0 bridgehead atoms.